The molecule has 14 heavy (non-hydrogen) atoms. The molecule has 1 aromatic rings. The molecular weight excluding hydrogens is 174 g/mol. The maximum Gasteiger partial charge on any atom is 0.0806 e. The fourth-order valence-corrected chi connectivity index (χ4v) is 1.54. The van der Waals surface area contributed by atoms with Crippen molar-refractivity contribution in [1.29, 1.82) is 0 Å². The molecule has 0 aliphatic heterocycles. The Morgan fingerprint density at radius 1 is 1.43 bits per heavy atom. The number of hydrogen-bond donors (Lipinski definition) is 2. The molecule has 0 amide bonds. The van der Waals surface area contributed by atoms with Gasteiger partial charge in [-0.15, -0.1) is 0 Å². The smallest absolute Gasteiger partial charge is 0.0806 e. The van der Waals surface area contributed by atoms with Crippen molar-refractivity contribution in [2.75, 3.05) is 6.54 Å². The van der Waals surface area contributed by atoms with Crippen LogP contribution >= 0.6 is 0 Å². The van der Waals surface area contributed by atoms with Crippen LogP contribution in [0, 0.1) is 6.92 Å². The predicted octanol–water partition coefficient (Wildman–Crippen LogP) is 1.64. The highest BCUT2D eigenvalue weighted by atomic mass is 16.3. The first-order chi connectivity index (χ1) is 6.59. The summed E-state index contributed by atoms with van der Waals surface area (Å²) < 4.78 is 0. The average Bonchev–Trinajstić information content (AvgIpc) is 2.18. The normalized spacial score (nSPS) is 15.1. The minimum atomic E-state index is -0.742. The fraction of sp³-hybridized carbons (Fsp3) is 0.500. The van der Waals surface area contributed by atoms with Crippen molar-refractivity contribution in [3.05, 3.63) is 35.4 Å². The molecule has 0 aromatic heterocycles. The summed E-state index contributed by atoms with van der Waals surface area (Å²) in [6.07, 6.45) is 1.33. The topological polar surface area (TPSA) is 46.2 Å². The van der Waals surface area contributed by atoms with E-state index in [0.717, 1.165) is 5.56 Å². The number of aliphatic hydroxyl groups is 1. The lowest BCUT2D eigenvalue weighted by atomic mass is 9.91. The SMILES string of the molecule is CCC(O)(CN)Cc1cccc(C)c1. The Morgan fingerprint density at radius 2 is 2.14 bits per heavy atom. The first kappa shape index (κ1) is 11.2. The largest absolute Gasteiger partial charge is 0.388 e. The second kappa shape index (κ2) is 4.58. The van der Waals surface area contributed by atoms with Crippen LogP contribution < -0.4 is 5.73 Å². The first-order valence-corrected chi connectivity index (χ1v) is 5.07. The van der Waals surface area contributed by atoms with Gasteiger partial charge in [-0.25, -0.2) is 0 Å². The molecule has 0 fully saturated rings. The van der Waals surface area contributed by atoms with Crippen LogP contribution in [0.3, 0.4) is 0 Å². The van der Waals surface area contributed by atoms with Gasteiger partial charge in [0.05, 0.1) is 5.60 Å². The molecule has 1 atom stereocenters. The van der Waals surface area contributed by atoms with E-state index in [-0.39, 0.29) is 0 Å². The minimum absolute atomic E-state index is 0.317. The van der Waals surface area contributed by atoms with Crippen molar-refractivity contribution in [3.63, 3.8) is 0 Å². The van der Waals surface area contributed by atoms with Crippen molar-refractivity contribution < 1.29 is 5.11 Å². The van der Waals surface area contributed by atoms with Crippen LogP contribution in [0.2, 0.25) is 0 Å². The van der Waals surface area contributed by atoms with E-state index in [9.17, 15) is 5.11 Å². The van der Waals surface area contributed by atoms with Crippen molar-refractivity contribution >= 4 is 0 Å². The molecule has 1 rings (SSSR count). The lowest BCUT2D eigenvalue weighted by Gasteiger charge is -2.25. The lowest BCUT2D eigenvalue weighted by Crippen LogP contribution is -2.39. The zero-order valence-electron chi connectivity index (χ0n) is 8.96. The summed E-state index contributed by atoms with van der Waals surface area (Å²) in [7, 11) is 0. The Balaban J connectivity index is 2.77. The van der Waals surface area contributed by atoms with Gasteiger partial charge < -0.3 is 10.8 Å². The Kier molecular flexibility index (Phi) is 3.67. The third-order valence-electron chi connectivity index (χ3n) is 2.65. The van der Waals surface area contributed by atoms with Crippen LogP contribution in [-0.2, 0) is 6.42 Å². The Labute approximate surface area is 85.8 Å². The average molecular weight is 193 g/mol. The van der Waals surface area contributed by atoms with Crippen molar-refractivity contribution in [2.24, 2.45) is 5.73 Å². The van der Waals surface area contributed by atoms with Crippen LogP contribution in [0.4, 0.5) is 0 Å². The number of rotatable bonds is 4. The van der Waals surface area contributed by atoms with E-state index in [1.165, 1.54) is 5.56 Å². The zero-order valence-corrected chi connectivity index (χ0v) is 8.96. The number of nitrogens with two attached hydrogens (primary N) is 1. The number of aryl methyl sites for hydroxylation is 1. The molecule has 0 heterocycles. The molecule has 0 bridgehead atoms. The predicted molar refractivity (Wildman–Crippen MR) is 59.2 cm³/mol. The molecule has 0 aliphatic rings. The molecule has 0 aliphatic carbocycles. The van der Waals surface area contributed by atoms with Crippen molar-refractivity contribution in [2.45, 2.75) is 32.3 Å². The van der Waals surface area contributed by atoms with Gasteiger partial charge in [0, 0.05) is 13.0 Å². The zero-order chi connectivity index (χ0) is 10.6. The van der Waals surface area contributed by atoms with E-state index >= 15 is 0 Å². The van der Waals surface area contributed by atoms with Gasteiger partial charge in [0.2, 0.25) is 0 Å². The summed E-state index contributed by atoms with van der Waals surface area (Å²) in [6, 6.07) is 8.19. The van der Waals surface area contributed by atoms with Crippen LogP contribution in [0.5, 0.6) is 0 Å². The van der Waals surface area contributed by atoms with Crippen molar-refractivity contribution in [3.8, 4) is 0 Å². The molecule has 3 N–H and O–H groups in total. The summed E-state index contributed by atoms with van der Waals surface area (Å²) in [5.74, 6) is 0. The molecule has 1 unspecified atom stereocenters. The maximum absolute atomic E-state index is 10.0. The van der Waals surface area contributed by atoms with Gasteiger partial charge in [0.15, 0.2) is 0 Å². The molecule has 0 spiro atoms. The molecule has 78 valence electrons. The summed E-state index contributed by atoms with van der Waals surface area (Å²) >= 11 is 0. The first-order valence-electron chi connectivity index (χ1n) is 5.07. The van der Waals surface area contributed by atoms with E-state index < -0.39 is 5.60 Å². The molecule has 0 saturated heterocycles. The molecule has 2 heteroatoms. The van der Waals surface area contributed by atoms with Gasteiger partial charge in [-0.2, -0.15) is 0 Å². The van der Waals surface area contributed by atoms with E-state index in [1.54, 1.807) is 0 Å². The van der Waals surface area contributed by atoms with E-state index in [2.05, 4.69) is 19.1 Å². The summed E-state index contributed by atoms with van der Waals surface area (Å²) in [5, 5.41) is 10.0. The third kappa shape index (κ3) is 2.82. The van der Waals surface area contributed by atoms with E-state index in [0.29, 0.717) is 19.4 Å². The van der Waals surface area contributed by atoms with Gasteiger partial charge in [0.1, 0.15) is 0 Å². The molecule has 1 aromatic carbocycles. The van der Waals surface area contributed by atoms with Crippen LogP contribution in [0.15, 0.2) is 24.3 Å². The number of hydrogen-bond acceptors (Lipinski definition) is 2. The molecule has 2 nitrogen and oxygen atoms in total. The highest BCUT2D eigenvalue weighted by Crippen LogP contribution is 2.16. The quantitative estimate of drug-likeness (QED) is 0.763. The van der Waals surface area contributed by atoms with Crippen LogP contribution in [0.1, 0.15) is 24.5 Å². The highest BCUT2D eigenvalue weighted by molar-refractivity contribution is 5.23. The second-order valence-corrected chi connectivity index (χ2v) is 3.95. The van der Waals surface area contributed by atoms with Gasteiger partial charge in [0.25, 0.3) is 0 Å². The van der Waals surface area contributed by atoms with Gasteiger partial charge in [-0.05, 0) is 18.9 Å². The second-order valence-electron chi connectivity index (χ2n) is 3.95. The molecule has 0 saturated carbocycles. The fourth-order valence-electron chi connectivity index (χ4n) is 1.54. The van der Waals surface area contributed by atoms with Crippen LogP contribution in [0.25, 0.3) is 0 Å². The standard InChI is InChI=1S/C12H19NO/c1-3-12(14,9-13)8-11-6-4-5-10(2)7-11/h4-7,14H,3,8-9,13H2,1-2H3. The van der Waals surface area contributed by atoms with Crippen LogP contribution in [-0.4, -0.2) is 17.3 Å². The summed E-state index contributed by atoms with van der Waals surface area (Å²) in [4.78, 5) is 0. The van der Waals surface area contributed by atoms with E-state index in [4.69, 9.17) is 5.73 Å². The Bertz CT molecular complexity index is 292. The third-order valence-corrected chi connectivity index (χ3v) is 2.65. The number of benzene rings is 1. The highest BCUT2D eigenvalue weighted by Gasteiger charge is 2.22. The van der Waals surface area contributed by atoms with Gasteiger partial charge >= 0.3 is 0 Å². The Hall–Kier alpha value is -0.860. The lowest BCUT2D eigenvalue weighted by molar-refractivity contribution is 0.0456. The molecular formula is C12H19NO. The summed E-state index contributed by atoms with van der Waals surface area (Å²) in [5.41, 5.74) is 7.18. The van der Waals surface area contributed by atoms with Crippen molar-refractivity contribution in [1.82, 2.24) is 0 Å². The minimum Gasteiger partial charge on any atom is -0.388 e. The Morgan fingerprint density at radius 3 is 2.64 bits per heavy atom. The molecule has 0 radical (unpaired) electrons. The maximum atomic E-state index is 10.0. The summed E-state index contributed by atoms with van der Waals surface area (Å²) in [6.45, 7) is 4.33. The van der Waals surface area contributed by atoms with Gasteiger partial charge in [-0.1, -0.05) is 36.8 Å². The van der Waals surface area contributed by atoms with E-state index in [1.807, 2.05) is 19.1 Å². The van der Waals surface area contributed by atoms with Gasteiger partial charge in [-0.3, -0.25) is 0 Å². The monoisotopic (exact) mass is 193 g/mol.